The van der Waals surface area contributed by atoms with Crippen LogP contribution in [0.4, 0.5) is 0 Å². The van der Waals surface area contributed by atoms with Crippen molar-refractivity contribution in [3.8, 4) is 11.8 Å². The van der Waals surface area contributed by atoms with Gasteiger partial charge in [0.25, 0.3) is 0 Å². The Hall–Kier alpha value is -1.46. The molecule has 0 unspecified atom stereocenters. The maximum Gasteiger partial charge on any atom is 0.384 e. The first-order chi connectivity index (χ1) is 6.65. The van der Waals surface area contributed by atoms with Crippen LogP contribution >= 0.6 is 11.6 Å². The van der Waals surface area contributed by atoms with Crippen LogP contribution in [0.2, 0.25) is 5.02 Å². The Balaban J connectivity index is 3.01. The summed E-state index contributed by atoms with van der Waals surface area (Å²) in [5.74, 6) is 4.49. The molecule has 0 aromatic heterocycles. The minimum Gasteiger partial charge on any atom is -0.459 e. The molecule has 0 radical (unpaired) electrons. The van der Waals surface area contributed by atoms with Gasteiger partial charge in [-0.2, -0.15) is 0 Å². The van der Waals surface area contributed by atoms with Crippen molar-refractivity contribution < 1.29 is 9.53 Å². The second kappa shape index (κ2) is 4.69. The van der Waals surface area contributed by atoms with E-state index in [0.29, 0.717) is 5.02 Å². The third-order valence-electron chi connectivity index (χ3n) is 1.75. The Morgan fingerprint density at radius 1 is 1.50 bits per heavy atom. The Bertz CT molecular complexity index is 413. The number of hydrogen-bond donors (Lipinski definition) is 0. The van der Waals surface area contributed by atoms with Crippen LogP contribution in [0.25, 0.3) is 0 Å². The first-order valence-electron chi connectivity index (χ1n) is 4.00. The normalized spacial score (nSPS) is 8.79. The Morgan fingerprint density at radius 2 is 2.21 bits per heavy atom. The zero-order chi connectivity index (χ0) is 10.6. The van der Waals surface area contributed by atoms with E-state index in [1.165, 1.54) is 7.11 Å². The molecule has 14 heavy (non-hydrogen) atoms. The lowest BCUT2D eigenvalue weighted by Crippen LogP contribution is -1.94. The highest BCUT2D eigenvalue weighted by molar-refractivity contribution is 6.31. The highest BCUT2D eigenvalue weighted by Crippen LogP contribution is 2.17. The highest BCUT2D eigenvalue weighted by Gasteiger charge is 1.98. The summed E-state index contributed by atoms with van der Waals surface area (Å²) < 4.78 is 4.40. The van der Waals surface area contributed by atoms with Gasteiger partial charge in [-0.1, -0.05) is 23.6 Å². The predicted molar refractivity (Wildman–Crippen MR) is 55.1 cm³/mol. The van der Waals surface area contributed by atoms with E-state index in [4.69, 9.17) is 11.6 Å². The van der Waals surface area contributed by atoms with Crippen LogP contribution in [0, 0.1) is 18.8 Å². The molecule has 0 aliphatic carbocycles. The first-order valence-corrected chi connectivity index (χ1v) is 4.38. The molecule has 0 aliphatic rings. The van der Waals surface area contributed by atoms with Crippen LogP contribution in [0.5, 0.6) is 0 Å². The van der Waals surface area contributed by atoms with Crippen molar-refractivity contribution in [1.29, 1.82) is 0 Å². The maximum atomic E-state index is 10.8. The number of rotatable bonds is 0. The fourth-order valence-electron chi connectivity index (χ4n) is 0.912. The van der Waals surface area contributed by atoms with Crippen molar-refractivity contribution in [2.75, 3.05) is 7.11 Å². The van der Waals surface area contributed by atoms with Crippen molar-refractivity contribution in [3.63, 3.8) is 0 Å². The average molecular weight is 209 g/mol. The van der Waals surface area contributed by atoms with E-state index in [2.05, 4.69) is 16.6 Å². The summed E-state index contributed by atoms with van der Waals surface area (Å²) in [5, 5.41) is 0.640. The summed E-state index contributed by atoms with van der Waals surface area (Å²) in [6.45, 7) is 1.85. The van der Waals surface area contributed by atoms with Crippen LogP contribution in [0.3, 0.4) is 0 Å². The molecule has 0 heterocycles. The second-order valence-electron chi connectivity index (χ2n) is 2.65. The molecule has 1 aromatic carbocycles. The number of esters is 1. The van der Waals surface area contributed by atoms with Crippen molar-refractivity contribution in [3.05, 3.63) is 34.3 Å². The van der Waals surface area contributed by atoms with Gasteiger partial charge >= 0.3 is 5.97 Å². The van der Waals surface area contributed by atoms with Crippen LogP contribution in [0.1, 0.15) is 11.1 Å². The summed E-state index contributed by atoms with van der Waals surface area (Å²) >= 11 is 5.88. The fraction of sp³-hybridized carbons (Fsp3) is 0.182. The molecular formula is C11H9ClO2. The van der Waals surface area contributed by atoms with Crippen molar-refractivity contribution in [2.24, 2.45) is 0 Å². The van der Waals surface area contributed by atoms with Crippen LogP contribution in [0.15, 0.2) is 18.2 Å². The molecule has 0 saturated carbocycles. The van der Waals surface area contributed by atoms with E-state index in [9.17, 15) is 4.79 Å². The molecule has 0 N–H and O–H groups in total. The molecule has 3 heteroatoms. The monoisotopic (exact) mass is 208 g/mol. The van der Waals surface area contributed by atoms with E-state index in [0.717, 1.165) is 11.1 Å². The number of halogens is 1. The topological polar surface area (TPSA) is 26.3 Å². The second-order valence-corrected chi connectivity index (χ2v) is 3.06. The number of methoxy groups -OCH3 is 1. The van der Waals surface area contributed by atoms with E-state index in [1.54, 1.807) is 18.2 Å². The molecule has 72 valence electrons. The maximum absolute atomic E-state index is 10.8. The van der Waals surface area contributed by atoms with Gasteiger partial charge in [0.05, 0.1) is 7.11 Å². The average Bonchev–Trinajstić information content (AvgIpc) is 2.20. The lowest BCUT2D eigenvalue weighted by molar-refractivity contribution is -0.133. The van der Waals surface area contributed by atoms with Gasteiger partial charge in [-0.15, -0.1) is 0 Å². The number of hydrogen-bond acceptors (Lipinski definition) is 2. The van der Waals surface area contributed by atoms with E-state index in [1.807, 2.05) is 6.92 Å². The fourth-order valence-corrected chi connectivity index (χ4v) is 1.09. The SMILES string of the molecule is COC(=O)C#Cc1cccc(Cl)c1C. The van der Waals surface area contributed by atoms with E-state index < -0.39 is 5.97 Å². The molecule has 0 aliphatic heterocycles. The van der Waals surface area contributed by atoms with Crippen molar-refractivity contribution in [1.82, 2.24) is 0 Å². The van der Waals surface area contributed by atoms with Gasteiger partial charge < -0.3 is 4.74 Å². The molecule has 0 bridgehead atoms. The Morgan fingerprint density at radius 3 is 2.86 bits per heavy atom. The lowest BCUT2D eigenvalue weighted by atomic mass is 10.1. The van der Waals surface area contributed by atoms with Gasteiger partial charge in [-0.25, -0.2) is 4.79 Å². The minimum atomic E-state index is -0.552. The van der Waals surface area contributed by atoms with Gasteiger partial charge in [-0.05, 0) is 24.6 Å². The van der Waals surface area contributed by atoms with E-state index in [-0.39, 0.29) is 0 Å². The molecule has 1 rings (SSSR count). The summed E-state index contributed by atoms with van der Waals surface area (Å²) in [5.41, 5.74) is 1.61. The molecule has 0 atom stereocenters. The van der Waals surface area contributed by atoms with Crippen LogP contribution in [-0.2, 0) is 9.53 Å². The van der Waals surface area contributed by atoms with Gasteiger partial charge in [0, 0.05) is 16.5 Å². The van der Waals surface area contributed by atoms with Gasteiger partial charge in [0.15, 0.2) is 0 Å². The molecule has 0 amide bonds. The molecule has 1 aromatic rings. The smallest absolute Gasteiger partial charge is 0.384 e. The molecule has 0 saturated heterocycles. The molecule has 2 nitrogen and oxygen atoms in total. The summed E-state index contributed by atoms with van der Waals surface area (Å²) in [6, 6.07) is 5.37. The largest absolute Gasteiger partial charge is 0.459 e. The van der Waals surface area contributed by atoms with Gasteiger partial charge in [0.1, 0.15) is 0 Å². The Kier molecular flexibility index (Phi) is 3.55. The third kappa shape index (κ3) is 2.51. The zero-order valence-corrected chi connectivity index (χ0v) is 8.68. The highest BCUT2D eigenvalue weighted by atomic mass is 35.5. The standard InChI is InChI=1S/C11H9ClO2/c1-8-9(4-3-5-10(8)12)6-7-11(13)14-2/h3-5H,1-2H3. The number of carbonyl (C=O) groups is 1. The van der Waals surface area contributed by atoms with E-state index >= 15 is 0 Å². The number of benzene rings is 1. The number of carbonyl (C=O) groups excluding carboxylic acids is 1. The molecule has 0 spiro atoms. The Labute approximate surface area is 87.8 Å². The number of ether oxygens (including phenoxy) is 1. The summed E-state index contributed by atoms with van der Waals surface area (Å²) in [7, 11) is 1.29. The quantitative estimate of drug-likeness (QED) is 0.483. The van der Waals surface area contributed by atoms with Gasteiger partial charge in [0.2, 0.25) is 0 Å². The predicted octanol–water partition coefficient (Wildman–Crippen LogP) is 2.17. The minimum absolute atomic E-state index is 0.552. The van der Waals surface area contributed by atoms with Gasteiger partial charge in [-0.3, -0.25) is 0 Å². The molecular weight excluding hydrogens is 200 g/mol. The van der Waals surface area contributed by atoms with Crippen LogP contribution in [-0.4, -0.2) is 13.1 Å². The zero-order valence-electron chi connectivity index (χ0n) is 7.93. The summed E-state index contributed by atoms with van der Waals surface area (Å²) in [4.78, 5) is 10.8. The summed E-state index contributed by atoms with van der Waals surface area (Å²) in [6.07, 6.45) is 0. The lowest BCUT2D eigenvalue weighted by Gasteiger charge is -1.98. The van der Waals surface area contributed by atoms with Crippen molar-refractivity contribution in [2.45, 2.75) is 6.92 Å². The molecule has 0 fully saturated rings. The third-order valence-corrected chi connectivity index (χ3v) is 2.16. The first kappa shape index (κ1) is 10.6. The van der Waals surface area contributed by atoms with Crippen molar-refractivity contribution >= 4 is 17.6 Å². The van der Waals surface area contributed by atoms with Crippen LogP contribution < -0.4 is 0 Å².